The number of carbonyl (C=O) groups excluding carboxylic acids is 1. The van der Waals surface area contributed by atoms with Gasteiger partial charge in [0.2, 0.25) is 0 Å². The summed E-state index contributed by atoms with van der Waals surface area (Å²) in [7, 11) is 0. The van der Waals surface area contributed by atoms with Crippen molar-refractivity contribution in [1.82, 2.24) is 15.5 Å². The highest BCUT2D eigenvalue weighted by molar-refractivity contribution is 5.88. The van der Waals surface area contributed by atoms with Crippen LogP contribution in [0.1, 0.15) is 25.1 Å². The van der Waals surface area contributed by atoms with Crippen molar-refractivity contribution >= 4 is 11.8 Å². The number of nitrogens with zero attached hydrogens (tertiary/aromatic N) is 1. The average molecular weight is 276 g/mol. The molecular weight excluding hydrogens is 259 g/mol. The van der Waals surface area contributed by atoms with Crippen molar-refractivity contribution in [3.05, 3.63) is 47.4 Å². The summed E-state index contributed by atoms with van der Waals surface area (Å²) in [6.45, 7) is 5.53. The molecule has 1 heterocycles. The predicted octanol–water partition coefficient (Wildman–Crippen LogP) is 2.91. The summed E-state index contributed by atoms with van der Waals surface area (Å²) in [6.07, 6.45) is 0. The van der Waals surface area contributed by atoms with Gasteiger partial charge in [-0.2, -0.15) is 5.10 Å². The van der Waals surface area contributed by atoms with Crippen LogP contribution in [0.3, 0.4) is 0 Å². The van der Waals surface area contributed by atoms with E-state index in [1.165, 1.54) is 12.1 Å². The average Bonchev–Trinajstić information content (AvgIpc) is 2.74. The summed E-state index contributed by atoms with van der Waals surface area (Å²) in [5.41, 5.74) is 1.05. The first-order chi connectivity index (χ1) is 9.37. The van der Waals surface area contributed by atoms with E-state index < -0.39 is 5.54 Å². The first-order valence-electron chi connectivity index (χ1n) is 6.24. The number of amides is 2. The smallest absolute Gasteiger partial charge is 0.321 e. The topological polar surface area (TPSA) is 69.8 Å². The second kappa shape index (κ2) is 5.32. The SMILES string of the molecule is Cc1cc(NC(=O)NC(C)(C)c2ccc(F)cc2)n[nH]1. The predicted molar refractivity (Wildman–Crippen MR) is 74.9 cm³/mol. The minimum absolute atomic E-state index is 0.305. The van der Waals surface area contributed by atoms with Crippen molar-refractivity contribution in [1.29, 1.82) is 0 Å². The summed E-state index contributed by atoms with van der Waals surface area (Å²) in [5, 5.41) is 12.1. The van der Waals surface area contributed by atoms with Gasteiger partial charge in [0.05, 0.1) is 5.54 Å². The molecule has 106 valence electrons. The molecule has 0 radical (unpaired) electrons. The Bertz CT molecular complexity index is 604. The lowest BCUT2D eigenvalue weighted by atomic mass is 9.94. The van der Waals surface area contributed by atoms with Gasteiger partial charge in [0, 0.05) is 11.8 Å². The van der Waals surface area contributed by atoms with E-state index in [-0.39, 0.29) is 11.8 Å². The minimum atomic E-state index is -0.622. The van der Waals surface area contributed by atoms with E-state index in [1.54, 1.807) is 18.2 Å². The molecule has 0 bridgehead atoms. The van der Waals surface area contributed by atoms with E-state index in [9.17, 15) is 9.18 Å². The molecule has 2 rings (SSSR count). The molecule has 0 aliphatic heterocycles. The zero-order valence-electron chi connectivity index (χ0n) is 11.6. The molecule has 0 aliphatic carbocycles. The number of nitrogens with one attached hydrogen (secondary N) is 3. The normalized spacial score (nSPS) is 11.2. The Morgan fingerprint density at radius 2 is 1.95 bits per heavy atom. The van der Waals surface area contributed by atoms with Gasteiger partial charge in [-0.1, -0.05) is 12.1 Å². The molecule has 0 saturated heterocycles. The summed E-state index contributed by atoms with van der Waals surface area (Å²) < 4.78 is 12.9. The molecule has 2 aromatic rings. The van der Waals surface area contributed by atoms with Crippen LogP contribution in [0.5, 0.6) is 0 Å². The molecule has 0 fully saturated rings. The number of hydrogen-bond donors (Lipinski definition) is 3. The van der Waals surface area contributed by atoms with Crippen LogP contribution in [-0.2, 0) is 5.54 Å². The van der Waals surface area contributed by atoms with Gasteiger partial charge in [-0.15, -0.1) is 0 Å². The Labute approximate surface area is 116 Å². The van der Waals surface area contributed by atoms with Crippen molar-refractivity contribution < 1.29 is 9.18 Å². The standard InChI is InChI=1S/C14H17FN4O/c1-9-8-12(19-18-9)16-13(20)17-14(2,3)10-4-6-11(15)7-5-10/h4-8H,1-3H3,(H3,16,17,18,19,20). The number of aryl methyl sites for hydroxylation is 1. The lowest BCUT2D eigenvalue weighted by Crippen LogP contribution is -2.43. The van der Waals surface area contributed by atoms with Crippen molar-refractivity contribution in [2.75, 3.05) is 5.32 Å². The first-order valence-corrected chi connectivity index (χ1v) is 6.24. The quantitative estimate of drug-likeness (QED) is 0.806. The maximum atomic E-state index is 12.9. The zero-order valence-corrected chi connectivity index (χ0v) is 11.6. The Morgan fingerprint density at radius 3 is 2.50 bits per heavy atom. The highest BCUT2D eigenvalue weighted by Gasteiger charge is 2.23. The number of aromatic nitrogens is 2. The largest absolute Gasteiger partial charge is 0.329 e. The fraction of sp³-hybridized carbons (Fsp3) is 0.286. The van der Waals surface area contributed by atoms with Crippen LogP contribution in [0.2, 0.25) is 0 Å². The van der Waals surface area contributed by atoms with Gasteiger partial charge >= 0.3 is 6.03 Å². The Morgan fingerprint density at radius 1 is 1.30 bits per heavy atom. The van der Waals surface area contributed by atoms with Gasteiger partial charge in [-0.05, 0) is 38.5 Å². The second-order valence-corrected chi connectivity index (χ2v) is 5.15. The molecule has 0 spiro atoms. The lowest BCUT2D eigenvalue weighted by molar-refractivity contribution is 0.241. The number of halogens is 1. The summed E-state index contributed by atoms with van der Waals surface area (Å²) >= 11 is 0. The van der Waals surface area contributed by atoms with Crippen LogP contribution in [0.15, 0.2) is 30.3 Å². The summed E-state index contributed by atoms with van der Waals surface area (Å²) in [6, 6.07) is 7.39. The highest BCUT2D eigenvalue weighted by atomic mass is 19.1. The number of H-pyrrole nitrogens is 1. The lowest BCUT2D eigenvalue weighted by Gasteiger charge is -2.26. The maximum absolute atomic E-state index is 12.9. The molecule has 20 heavy (non-hydrogen) atoms. The molecule has 0 unspecified atom stereocenters. The number of benzene rings is 1. The van der Waals surface area contributed by atoms with Gasteiger partial charge in [-0.3, -0.25) is 10.4 Å². The second-order valence-electron chi connectivity index (χ2n) is 5.15. The molecule has 0 saturated carbocycles. The van der Waals surface area contributed by atoms with E-state index in [0.29, 0.717) is 5.82 Å². The van der Waals surface area contributed by atoms with Crippen molar-refractivity contribution in [2.24, 2.45) is 0 Å². The van der Waals surface area contributed by atoms with Crippen molar-refractivity contribution in [2.45, 2.75) is 26.3 Å². The molecule has 0 atom stereocenters. The number of rotatable bonds is 3. The van der Waals surface area contributed by atoms with E-state index in [0.717, 1.165) is 11.3 Å². The summed E-state index contributed by atoms with van der Waals surface area (Å²) in [5.74, 6) is 0.149. The van der Waals surface area contributed by atoms with Crippen LogP contribution < -0.4 is 10.6 Å². The minimum Gasteiger partial charge on any atom is -0.329 e. The van der Waals surface area contributed by atoms with E-state index in [1.807, 2.05) is 20.8 Å². The maximum Gasteiger partial charge on any atom is 0.321 e. The Hall–Kier alpha value is -2.37. The van der Waals surface area contributed by atoms with Crippen LogP contribution in [0, 0.1) is 12.7 Å². The van der Waals surface area contributed by atoms with Crippen LogP contribution in [-0.4, -0.2) is 16.2 Å². The van der Waals surface area contributed by atoms with Crippen LogP contribution >= 0.6 is 0 Å². The fourth-order valence-electron chi connectivity index (χ4n) is 1.85. The Kier molecular flexibility index (Phi) is 3.74. The van der Waals surface area contributed by atoms with Crippen LogP contribution in [0.25, 0.3) is 0 Å². The van der Waals surface area contributed by atoms with Crippen molar-refractivity contribution in [3.63, 3.8) is 0 Å². The molecule has 1 aromatic carbocycles. The molecular formula is C14H17FN4O. The van der Waals surface area contributed by atoms with E-state index in [2.05, 4.69) is 20.8 Å². The monoisotopic (exact) mass is 276 g/mol. The van der Waals surface area contributed by atoms with Gasteiger partial charge in [0.15, 0.2) is 5.82 Å². The molecule has 3 N–H and O–H groups in total. The van der Waals surface area contributed by atoms with E-state index >= 15 is 0 Å². The molecule has 0 aliphatic rings. The molecule has 5 nitrogen and oxygen atoms in total. The first kappa shape index (κ1) is 14.0. The number of carbonyl (C=O) groups is 1. The number of hydrogen-bond acceptors (Lipinski definition) is 2. The third-order valence-corrected chi connectivity index (χ3v) is 2.94. The third kappa shape index (κ3) is 3.34. The highest BCUT2D eigenvalue weighted by Crippen LogP contribution is 2.20. The Balaban J connectivity index is 2.03. The van der Waals surface area contributed by atoms with Gasteiger partial charge in [0.1, 0.15) is 5.82 Å². The molecule has 1 aromatic heterocycles. The number of anilines is 1. The number of urea groups is 1. The van der Waals surface area contributed by atoms with Crippen molar-refractivity contribution in [3.8, 4) is 0 Å². The zero-order chi connectivity index (χ0) is 14.8. The van der Waals surface area contributed by atoms with E-state index in [4.69, 9.17) is 0 Å². The number of aromatic amines is 1. The van der Waals surface area contributed by atoms with Gasteiger partial charge in [-0.25, -0.2) is 9.18 Å². The third-order valence-electron chi connectivity index (χ3n) is 2.94. The molecule has 2 amide bonds. The van der Waals surface area contributed by atoms with Crippen LogP contribution in [0.4, 0.5) is 15.0 Å². The fourth-order valence-corrected chi connectivity index (χ4v) is 1.85. The van der Waals surface area contributed by atoms with Gasteiger partial charge < -0.3 is 5.32 Å². The summed E-state index contributed by atoms with van der Waals surface area (Å²) in [4.78, 5) is 11.9. The molecule has 6 heteroatoms. The van der Waals surface area contributed by atoms with Gasteiger partial charge in [0.25, 0.3) is 0 Å².